The summed E-state index contributed by atoms with van der Waals surface area (Å²) in [5.41, 5.74) is 2.23. The summed E-state index contributed by atoms with van der Waals surface area (Å²) >= 11 is 0. The molecule has 0 aliphatic heterocycles. The number of carbonyl (C=O) groups is 1. The van der Waals surface area contributed by atoms with E-state index in [1.54, 1.807) is 30.3 Å². The maximum atomic E-state index is 13.0. The summed E-state index contributed by atoms with van der Waals surface area (Å²) in [4.78, 5) is 13.0. The summed E-state index contributed by atoms with van der Waals surface area (Å²) < 4.78 is 6.19. The van der Waals surface area contributed by atoms with Gasteiger partial charge in [0.1, 0.15) is 11.9 Å². The van der Waals surface area contributed by atoms with Gasteiger partial charge < -0.3 is 14.9 Å². The molecule has 5 rings (SSSR count). The number of benzene rings is 1. The lowest BCUT2D eigenvalue weighted by Gasteiger charge is -2.70. The van der Waals surface area contributed by atoms with Crippen LogP contribution in [0.3, 0.4) is 0 Å². The van der Waals surface area contributed by atoms with Crippen molar-refractivity contribution in [3.63, 3.8) is 0 Å². The molecule has 0 aromatic heterocycles. The quantitative estimate of drug-likeness (QED) is 0.189. The van der Waals surface area contributed by atoms with Crippen molar-refractivity contribution in [1.82, 2.24) is 0 Å². The molecule has 0 amide bonds. The molecule has 2 N–H and O–H groups in total. The van der Waals surface area contributed by atoms with E-state index < -0.39 is 5.60 Å². The molecule has 0 heterocycles. The van der Waals surface area contributed by atoms with Gasteiger partial charge in [-0.3, -0.25) is 0 Å². The first-order valence-electron chi connectivity index (χ1n) is 17.1. The molecule has 4 aliphatic rings. The SMILES string of the molecule is CC(C)=CCC[C@](C)(O)[C@H]1CC[C@]2(C)[C@@H]1CC[C@@H]1[C@@]3(C)CC[C@H](OC(=O)/C=C/c4ccc(O)cc4)C(C)(C)[C@@H]3CC[C@]12C. The van der Waals surface area contributed by atoms with Gasteiger partial charge in [-0.1, -0.05) is 58.4 Å². The van der Waals surface area contributed by atoms with Crippen molar-refractivity contribution in [3.8, 4) is 5.75 Å². The van der Waals surface area contributed by atoms with E-state index in [9.17, 15) is 15.0 Å². The summed E-state index contributed by atoms with van der Waals surface area (Å²) in [6.07, 6.45) is 16.6. The number of phenols is 1. The average Bonchev–Trinajstić information content (AvgIpc) is 3.29. The number of aromatic hydroxyl groups is 1. The Hall–Kier alpha value is -2.07. The van der Waals surface area contributed by atoms with Crippen molar-refractivity contribution in [2.45, 2.75) is 131 Å². The fourth-order valence-electron chi connectivity index (χ4n) is 11.4. The van der Waals surface area contributed by atoms with Crippen LogP contribution in [0.15, 0.2) is 42.0 Å². The highest BCUT2D eigenvalue weighted by Crippen LogP contribution is 2.76. The van der Waals surface area contributed by atoms with E-state index in [0.717, 1.165) is 37.7 Å². The van der Waals surface area contributed by atoms with Gasteiger partial charge in [0, 0.05) is 11.5 Å². The molecular formula is C39H58O4. The van der Waals surface area contributed by atoms with Crippen LogP contribution in [0.2, 0.25) is 0 Å². The highest BCUT2D eigenvalue weighted by molar-refractivity contribution is 5.87. The van der Waals surface area contributed by atoms with Gasteiger partial charge >= 0.3 is 5.97 Å². The van der Waals surface area contributed by atoms with E-state index in [-0.39, 0.29) is 39.5 Å². The van der Waals surface area contributed by atoms with Crippen LogP contribution in [0.5, 0.6) is 5.75 Å². The zero-order valence-electron chi connectivity index (χ0n) is 28.2. The van der Waals surface area contributed by atoms with Crippen LogP contribution in [0.1, 0.15) is 125 Å². The molecule has 4 aliphatic carbocycles. The minimum absolute atomic E-state index is 0.0920. The zero-order chi connectivity index (χ0) is 31.4. The van der Waals surface area contributed by atoms with E-state index in [2.05, 4.69) is 61.5 Å². The second-order valence-corrected chi connectivity index (χ2v) is 16.7. The molecule has 4 nitrogen and oxygen atoms in total. The van der Waals surface area contributed by atoms with Crippen LogP contribution in [-0.2, 0) is 9.53 Å². The molecule has 4 heteroatoms. The summed E-state index contributed by atoms with van der Waals surface area (Å²) in [5, 5.41) is 21.3. The molecule has 238 valence electrons. The Balaban J connectivity index is 1.31. The number of esters is 1. The smallest absolute Gasteiger partial charge is 0.331 e. The van der Waals surface area contributed by atoms with Crippen LogP contribution in [0, 0.1) is 45.3 Å². The largest absolute Gasteiger partial charge is 0.508 e. The Morgan fingerprint density at radius 3 is 2.28 bits per heavy atom. The number of hydrogen-bond donors (Lipinski definition) is 2. The Labute approximate surface area is 261 Å². The molecule has 0 spiro atoms. The third-order valence-electron chi connectivity index (χ3n) is 13.9. The Bertz CT molecular complexity index is 1240. The fraction of sp³-hybridized carbons (Fsp3) is 0.718. The van der Waals surface area contributed by atoms with E-state index in [1.165, 1.54) is 43.8 Å². The first kappa shape index (κ1) is 32.3. The fourth-order valence-corrected chi connectivity index (χ4v) is 11.4. The van der Waals surface area contributed by atoms with Gasteiger partial charge in [-0.2, -0.15) is 0 Å². The molecule has 4 fully saturated rings. The number of rotatable bonds is 7. The summed E-state index contributed by atoms with van der Waals surface area (Å²) in [6.45, 7) is 18.9. The molecule has 1 aromatic rings. The number of ether oxygens (including phenoxy) is 1. The zero-order valence-corrected chi connectivity index (χ0v) is 28.2. The summed E-state index contributed by atoms with van der Waals surface area (Å²) in [6, 6.07) is 6.84. The Kier molecular flexibility index (Phi) is 8.55. The second-order valence-electron chi connectivity index (χ2n) is 16.7. The Morgan fingerprint density at radius 1 is 0.930 bits per heavy atom. The lowest BCUT2D eigenvalue weighted by molar-refractivity contribution is -0.229. The maximum Gasteiger partial charge on any atom is 0.331 e. The van der Waals surface area contributed by atoms with Gasteiger partial charge in [-0.05, 0) is 149 Å². The maximum absolute atomic E-state index is 13.0. The van der Waals surface area contributed by atoms with Crippen LogP contribution < -0.4 is 0 Å². The number of allylic oxidation sites excluding steroid dienone is 2. The standard InChI is InChI=1S/C39H58O4/c1-26(2)10-9-22-39(8,42)30-19-24-37(6)29(30)16-17-32-36(5)23-21-33(35(3,4)31(36)20-25-38(32,37)7)43-34(41)18-13-27-11-14-28(40)15-12-27/h10-15,18,29-33,40,42H,9,16-17,19-25H2,1-8H3/b18-13+/t29-,30+,31+,32-,33+,36+,37-,38-,39+/m1/s1. The van der Waals surface area contributed by atoms with Gasteiger partial charge in [-0.25, -0.2) is 4.79 Å². The first-order chi connectivity index (χ1) is 20.0. The molecule has 0 radical (unpaired) electrons. The minimum atomic E-state index is -0.612. The monoisotopic (exact) mass is 590 g/mol. The van der Waals surface area contributed by atoms with E-state index in [4.69, 9.17) is 4.74 Å². The van der Waals surface area contributed by atoms with Gasteiger partial charge in [0.25, 0.3) is 0 Å². The molecule has 0 unspecified atom stereocenters. The highest BCUT2D eigenvalue weighted by atomic mass is 16.5. The van der Waals surface area contributed by atoms with Crippen LogP contribution in [0.4, 0.5) is 0 Å². The number of aliphatic hydroxyl groups is 1. The third-order valence-corrected chi connectivity index (χ3v) is 13.9. The lowest BCUT2D eigenvalue weighted by atomic mass is 9.35. The molecule has 1 aromatic carbocycles. The van der Waals surface area contributed by atoms with Crippen molar-refractivity contribution in [2.75, 3.05) is 0 Å². The van der Waals surface area contributed by atoms with Gasteiger partial charge in [-0.15, -0.1) is 0 Å². The topological polar surface area (TPSA) is 66.8 Å². The van der Waals surface area contributed by atoms with Crippen molar-refractivity contribution in [3.05, 3.63) is 47.6 Å². The third kappa shape index (κ3) is 5.53. The first-order valence-corrected chi connectivity index (χ1v) is 17.1. The summed E-state index contributed by atoms with van der Waals surface area (Å²) in [7, 11) is 0. The van der Waals surface area contributed by atoms with Crippen molar-refractivity contribution >= 4 is 12.0 Å². The normalized spacial score (nSPS) is 39.7. The van der Waals surface area contributed by atoms with E-state index >= 15 is 0 Å². The minimum Gasteiger partial charge on any atom is -0.508 e. The van der Waals surface area contributed by atoms with Crippen LogP contribution >= 0.6 is 0 Å². The summed E-state index contributed by atoms with van der Waals surface area (Å²) in [5.74, 6) is 2.06. The van der Waals surface area contributed by atoms with Crippen LogP contribution in [0.25, 0.3) is 6.08 Å². The van der Waals surface area contributed by atoms with E-state index in [1.807, 2.05) is 0 Å². The Morgan fingerprint density at radius 2 is 1.60 bits per heavy atom. The predicted molar refractivity (Wildman–Crippen MR) is 175 cm³/mol. The highest BCUT2D eigenvalue weighted by Gasteiger charge is 2.69. The molecule has 0 saturated heterocycles. The predicted octanol–water partition coefficient (Wildman–Crippen LogP) is 9.50. The van der Waals surface area contributed by atoms with Crippen molar-refractivity contribution in [2.24, 2.45) is 45.3 Å². The number of hydrogen-bond acceptors (Lipinski definition) is 4. The number of carbonyl (C=O) groups excluding carboxylic acids is 1. The molecule has 0 bridgehead atoms. The van der Waals surface area contributed by atoms with Crippen molar-refractivity contribution < 1.29 is 19.7 Å². The van der Waals surface area contributed by atoms with Gasteiger partial charge in [0.15, 0.2) is 0 Å². The molecule has 4 saturated carbocycles. The molecular weight excluding hydrogens is 532 g/mol. The molecule has 9 atom stereocenters. The second kappa shape index (κ2) is 11.4. The average molecular weight is 591 g/mol. The van der Waals surface area contributed by atoms with Crippen molar-refractivity contribution in [1.29, 1.82) is 0 Å². The molecule has 43 heavy (non-hydrogen) atoms. The lowest BCUT2D eigenvalue weighted by Crippen LogP contribution is -2.64. The van der Waals surface area contributed by atoms with Gasteiger partial charge in [0.05, 0.1) is 5.60 Å². The number of phenolic OH excluding ortho intramolecular Hbond substituents is 1. The van der Waals surface area contributed by atoms with E-state index in [0.29, 0.717) is 23.7 Å². The van der Waals surface area contributed by atoms with Crippen LogP contribution in [-0.4, -0.2) is 27.9 Å². The van der Waals surface area contributed by atoms with Gasteiger partial charge in [0.2, 0.25) is 0 Å². The number of fused-ring (bicyclic) bond motifs is 5.